The predicted octanol–water partition coefficient (Wildman–Crippen LogP) is 4.38. The van der Waals surface area contributed by atoms with E-state index in [4.69, 9.17) is 11.6 Å². The van der Waals surface area contributed by atoms with E-state index in [9.17, 15) is 18.0 Å². The van der Waals surface area contributed by atoms with E-state index in [0.717, 1.165) is 17.3 Å². The summed E-state index contributed by atoms with van der Waals surface area (Å²) in [7, 11) is 3.33. The standard InChI is InChI=1S/C21H18ClF3N6O/c1-12-14(10-26-30(12)3)11-29(2)20(32)17-9-19-27-16(13-4-6-15(22)7-5-13)8-18(21(23,24)25)31(19)28-17/h4-10H,11H2,1-3H3. The number of benzene rings is 1. The fourth-order valence-corrected chi connectivity index (χ4v) is 3.40. The Bertz CT molecular complexity index is 1310. The summed E-state index contributed by atoms with van der Waals surface area (Å²) < 4.78 is 43.6. The Hall–Kier alpha value is -3.40. The highest BCUT2D eigenvalue weighted by atomic mass is 35.5. The lowest BCUT2D eigenvalue weighted by Crippen LogP contribution is -2.27. The van der Waals surface area contributed by atoms with Gasteiger partial charge in [0.25, 0.3) is 5.91 Å². The van der Waals surface area contributed by atoms with Crippen molar-refractivity contribution in [1.82, 2.24) is 29.3 Å². The number of alkyl halides is 3. The van der Waals surface area contributed by atoms with Crippen LogP contribution in [0.15, 0.2) is 42.6 Å². The minimum absolute atomic E-state index is 0.0842. The van der Waals surface area contributed by atoms with E-state index < -0.39 is 17.8 Å². The number of amides is 1. The molecule has 32 heavy (non-hydrogen) atoms. The number of hydrogen-bond acceptors (Lipinski definition) is 4. The number of nitrogens with zero attached hydrogens (tertiary/aromatic N) is 6. The predicted molar refractivity (Wildman–Crippen MR) is 112 cm³/mol. The number of aromatic nitrogens is 5. The van der Waals surface area contributed by atoms with E-state index in [1.165, 1.54) is 11.0 Å². The quantitative estimate of drug-likeness (QED) is 0.451. The SMILES string of the molecule is Cc1c(CN(C)C(=O)c2cc3nc(-c4ccc(Cl)cc4)cc(C(F)(F)F)n3n2)cnn1C. The summed E-state index contributed by atoms with van der Waals surface area (Å²) in [5.74, 6) is -0.528. The van der Waals surface area contributed by atoms with Gasteiger partial charge in [0, 0.05) is 48.5 Å². The number of rotatable bonds is 4. The Kier molecular flexibility index (Phi) is 5.41. The first-order valence-corrected chi connectivity index (χ1v) is 9.89. The van der Waals surface area contributed by atoms with Crippen LogP contribution in [0.1, 0.15) is 27.4 Å². The maximum atomic E-state index is 13.8. The molecule has 4 rings (SSSR count). The zero-order valence-corrected chi connectivity index (χ0v) is 18.1. The van der Waals surface area contributed by atoms with Gasteiger partial charge in [0.05, 0.1) is 11.9 Å². The van der Waals surface area contributed by atoms with Crippen LogP contribution in [0.5, 0.6) is 0 Å². The molecule has 0 N–H and O–H groups in total. The van der Waals surface area contributed by atoms with Crippen LogP contribution in [0.3, 0.4) is 0 Å². The van der Waals surface area contributed by atoms with Gasteiger partial charge in [-0.2, -0.15) is 23.4 Å². The summed E-state index contributed by atoms with van der Waals surface area (Å²) >= 11 is 5.87. The van der Waals surface area contributed by atoms with Gasteiger partial charge in [0.1, 0.15) is 0 Å². The van der Waals surface area contributed by atoms with Crippen molar-refractivity contribution in [3.8, 4) is 11.3 Å². The van der Waals surface area contributed by atoms with Crippen molar-refractivity contribution < 1.29 is 18.0 Å². The second kappa shape index (κ2) is 7.94. The molecule has 0 fully saturated rings. The summed E-state index contributed by atoms with van der Waals surface area (Å²) in [6.07, 6.45) is -3.06. The van der Waals surface area contributed by atoms with Crippen LogP contribution in [0.4, 0.5) is 13.2 Å². The molecule has 7 nitrogen and oxygen atoms in total. The second-order valence-electron chi connectivity index (χ2n) is 7.37. The van der Waals surface area contributed by atoms with Gasteiger partial charge in [-0.05, 0) is 25.1 Å². The van der Waals surface area contributed by atoms with Gasteiger partial charge < -0.3 is 4.90 Å². The van der Waals surface area contributed by atoms with Crippen molar-refractivity contribution >= 4 is 23.2 Å². The van der Waals surface area contributed by atoms with Crippen molar-refractivity contribution in [2.24, 2.45) is 7.05 Å². The first-order chi connectivity index (χ1) is 15.0. The topological polar surface area (TPSA) is 68.3 Å². The summed E-state index contributed by atoms with van der Waals surface area (Å²) in [4.78, 5) is 18.5. The molecule has 0 saturated heterocycles. The number of carbonyl (C=O) groups excluding carboxylic acids is 1. The van der Waals surface area contributed by atoms with Crippen molar-refractivity contribution in [2.45, 2.75) is 19.6 Å². The molecule has 0 aliphatic carbocycles. The molecule has 11 heteroatoms. The molecular formula is C21H18ClF3N6O. The van der Waals surface area contributed by atoms with Gasteiger partial charge in [0.15, 0.2) is 17.0 Å². The van der Waals surface area contributed by atoms with E-state index in [1.54, 1.807) is 49.2 Å². The summed E-state index contributed by atoms with van der Waals surface area (Å²) in [5.41, 5.74) is 1.01. The van der Waals surface area contributed by atoms with Gasteiger partial charge in [-0.1, -0.05) is 23.7 Å². The Labute approximate surface area is 186 Å². The molecule has 0 bridgehead atoms. The first-order valence-electron chi connectivity index (χ1n) is 9.51. The van der Waals surface area contributed by atoms with Crippen molar-refractivity contribution in [3.63, 3.8) is 0 Å². The molecule has 3 heterocycles. The largest absolute Gasteiger partial charge is 0.433 e. The maximum absolute atomic E-state index is 13.8. The number of carbonyl (C=O) groups is 1. The first kappa shape index (κ1) is 21.8. The van der Waals surface area contributed by atoms with Crippen LogP contribution < -0.4 is 0 Å². The molecular weight excluding hydrogens is 445 g/mol. The molecule has 0 saturated carbocycles. The molecule has 1 amide bonds. The highest BCUT2D eigenvalue weighted by molar-refractivity contribution is 6.30. The van der Waals surface area contributed by atoms with Gasteiger partial charge >= 0.3 is 6.18 Å². The van der Waals surface area contributed by atoms with Crippen LogP contribution in [0.2, 0.25) is 5.02 Å². The van der Waals surface area contributed by atoms with Gasteiger partial charge in [-0.15, -0.1) is 0 Å². The fourth-order valence-electron chi connectivity index (χ4n) is 3.27. The highest BCUT2D eigenvalue weighted by Crippen LogP contribution is 2.32. The lowest BCUT2D eigenvalue weighted by molar-refractivity contribution is -0.142. The van der Waals surface area contributed by atoms with Crippen LogP contribution in [0, 0.1) is 6.92 Å². The van der Waals surface area contributed by atoms with Crippen molar-refractivity contribution in [1.29, 1.82) is 0 Å². The van der Waals surface area contributed by atoms with Crippen molar-refractivity contribution in [3.05, 3.63) is 70.3 Å². The smallest absolute Gasteiger partial charge is 0.336 e. The Morgan fingerprint density at radius 3 is 2.47 bits per heavy atom. The lowest BCUT2D eigenvalue weighted by atomic mass is 10.1. The average Bonchev–Trinajstić information content (AvgIpc) is 3.30. The lowest BCUT2D eigenvalue weighted by Gasteiger charge is -2.15. The van der Waals surface area contributed by atoms with Gasteiger partial charge in [-0.25, -0.2) is 9.50 Å². The van der Waals surface area contributed by atoms with E-state index in [2.05, 4.69) is 15.2 Å². The van der Waals surface area contributed by atoms with Crippen molar-refractivity contribution in [2.75, 3.05) is 7.05 Å². The average molecular weight is 463 g/mol. The van der Waals surface area contributed by atoms with E-state index in [1.807, 2.05) is 6.92 Å². The molecule has 166 valence electrons. The molecule has 1 aromatic carbocycles. The van der Waals surface area contributed by atoms with Gasteiger partial charge in [0.2, 0.25) is 0 Å². The van der Waals surface area contributed by atoms with Crippen LogP contribution in [-0.4, -0.2) is 42.2 Å². The molecule has 0 aliphatic rings. The summed E-state index contributed by atoms with van der Waals surface area (Å²) in [6.45, 7) is 2.10. The van der Waals surface area contributed by atoms with Crippen LogP contribution in [0.25, 0.3) is 16.9 Å². The van der Waals surface area contributed by atoms with E-state index in [-0.39, 0.29) is 23.6 Å². The zero-order valence-electron chi connectivity index (χ0n) is 17.4. The minimum Gasteiger partial charge on any atom is -0.336 e. The fraction of sp³-hybridized carbons (Fsp3) is 0.238. The van der Waals surface area contributed by atoms with E-state index in [0.29, 0.717) is 15.1 Å². The third-order valence-corrected chi connectivity index (χ3v) is 5.42. The number of hydrogen-bond donors (Lipinski definition) is 0. The number of fused-ring (bicyclic) bond motifs is 1. The zero-order chi connectivity index (χ0) is 23.2. The third-order valence-electron chi connectivity index (χ3n) is 5.17. The molecule has 0 aliphatic heterocycles. The molecule has 0 atom stereocenters. The minimum atomic E-state index is -4.70. The molecule has 3 aromatic heterocycles. The Morgan fingerprint density at radius 1 is 1.19 bits per heavy atom. The monoisotopic (exact) mass is 462 g/mol. The highest BCUT2D eigenvalue weighted by Gasteiger charge is 2.36. The molecule has 4 aromatic rings. The van der Waals surface area contributed by atoms with Gasteiger partial charge in [-0.3, -0.25) is 9.48 Å². The number of aryl methyl sites for hydroxylation is 1. The van der Waals surface area contributed by atoms with Crippen LogP contribution in [-0.2, 0) is 19.8 Å². The Morgan fingerprint density at radius 2 is 1.88 bits per heavy atom. The Balaban J connectivity index is 1.74. The summed E-state index contributed by atoms with van der Waals surface area (Å²) in [5, 5.41) is 8.51. The third kappa shape index (κ3) is 4.05. The number of halogens is 4. The normalized spacial score (nSPS) is 11.8. The second-order valence-corrected chi connectivity index (χ2v) is 7.81. The molecule has 0 radical (unpaired) electrons. The van der Waals surface area contributed by atoms with E-state index >= 15 is 0 Å². The summed E-state index contributed by atoms with van der Waals surface area (Å²) in [6, 6.07) is 8.44. The molecule has 0 spiro atoms. The molecule has 0 unspecified atom stereocenters. The van der Waals surface area contributed by atoms with Crippen LogP contribution >= 0.6 is 11.6 Å². The maximum Gasteiger partial charge on any atom is 0.433 e.